The fraction of sp³-hybridized carbons (Fsp3) is 0.833. The summed E-state index contributed by atoms with van der Waals surface area (Å²) in [7, 11) is 2.10. The molecule has 0 unspecified atom stereocenters. The lowest BCUT2D eigenvalue weighted by atomic mass is 9.76. The molecular formula is C12H19N3O. The standard InChI is InChI=1S/C12H19N3O/c1-15-7-4-12(5-8-15)9-10(3-2-6-13)14-11(12)16/h10H,2-5,7-9H2,1H3,(H,14,16)/t10-/m0/s1. The number of nitrogens with zero attached hydrogens (tertiary/aromatic N) is 2. The third-order valence-corrected chi connectivity index (χ3v) is 4.00. The molecule has 0 saturated carbocycles. The Balaban J connectivity index is 1.96. The molecule has 88 valence electrons. The number of nitriles is 1. The SMILES string of the molecule is CN1CCC2(CC1)C[C@H](CCC#N)NC2=O. The third kappa shape index (κ3) is 2.05. The van der Waals surface area contributed by atoms with Gasteiger partial charge in [-0.1, -0.05) is 0 Å². The molecule has 2 aliphatic rings. The van der Waals surface area contributed by atoms with Gasteiger partial charge in [-0.05, 0) is 45.8 Å². The second-order valence-corrected chi connectivity index (χ2v) is 5.15. The maximum Gasteiger partial charge on any atom is 0.226 e. The van der Waals surface area contributed by atoms with E-state index in [4.69, 9.17) is 5.26 Å². The summed E-state index contributed by atoms with van der Waals surface area (Å²) in [6.07, 6.45) is 4.22. The zero-order valence-corrected chi connectivity index (χ0v) is 9.83. The van der Waals surface area contributed by atoms with Gasteiger partial charge in [-0.2, -0.15) is 5.26 Å². The highest BCUT2D eigenvalue weighted by Crippen LogP contribution is 2.40. The van der Waals surface area contributed by atoms with Gasteiger partial charge < -0.3 is 10.2 Å². The summed E-state index contributed by atoms with van der Waals surface area (Å²) < 4.78 is 0. The highest BCUT2D eigenvalue weighted by Gasteiger charge is 2.47. The van der Waals surface area contributed by atoms with E-state index in [1.165, 1.54) is 0 Å². The van der Waals surface area contributed by atoms with Crippen LogP contribution in [0, 0.1) is 16.7 Å². The van der Waals surface area contributed by atoms with Crippen molar-refractivity contribution >= 4 is 5.91 Å². The Labute approximate surface area is 96.6 Å². The van der Waals surface area contributed by atoms with Crippen LogP contribution in [0.2, 0.25) is 0 Å². The van der Waals surface area contributed by atoms with E-state index in [0.29, 0.717) is 6.42 Å². The maximum absolute atomic E-state index is 12.0. The molecule has 4 nitrogen and oxygen atoms in total. The van der Waals surface area contributed by atoms with Crippen molar-refractivity contribution in [1.82, 2.24) is 10.2 Å². The average Bonchev–Trinajstić information content (AvgIpc) is 2.58. The van der Waals surface area contributed by atoms with Crippen molar-refractivity contribution in [2.24, 2.45) is 5.41 Å². The summed E-state index contributed by atoms with van der Waals surface area (Å²) in [5, 5.41) is 11.6. The number of piperidine rings is 1. The average molecular weight is 221 g/mol. The monoisotopic (exact) mass is 221 g/mol. The summed E-state index contributed by atoms with van der Waals surface area (Å²) in [6.45, 7) is 2.02. The van der Waals surface area contributed by atoms with Gasteiger partial charge in [-0.15, -0.1) is 0 Å². The molecule has 0 aliphatic carbocycles. The molecule has 1 spiro atoms. The quantitative estimate of drug-likeness (QED) is 0.753. The van der Waals surface area contributed by atoms with Crippen molar-refractivity contribution in [3.8, 4) is 6.07 Å². The van der Waals surface area contributed by atoms with Gasteiger partial charge in [-0.3, -0.25) is 4.79 Å². The van der Waals surface area contributed by atoms with Crippen molar-refractivity contribution in [2.45, 2.75) is 38.1 Å². The van der Waals surface area contributed by atoms with Gasteiger partial charge in [0.05, 0.1) is 11.5 Å². The first-order valence-electron chi connectivity index (χ1n) is 6.03. The van der Waals surface area contributed by atoms with Gasteiger partial charge in [0.15, 0.2) is 0 Å². The molecule has 2 heterocycles. The van der Waals surface area contributed by atoms with Crippen molar-refractivity contribution in [3.63, 3.8) is 0 Å². The first kappa shape index (κ1) is 11.4. The van der Waals surface area contributed by atoms with Crippen molar-refractivity contribution in [1.29, 1.82) is 5.26 Å². The second-order valence-electron chi connectivity index (χ2n) is 5.15. The summed E-state index contributed by atoms with van der Waals surface area (Å²) in [4.78, 5) is 14.3. The summed E-state index contributed by atoms with van der Waals surface area (Å²) >= 11 is 0. The van der Waals surface area contributed by atoms with Crippen molar-refractivity contribution in [2.75, 3.05) is 20.1 Å². The summed E-state index contributed by atoms with van der Waals surface area (Å²) in [5.74, 6) is 0.225. The third-order valence-electron chi connectivity index (χ3n) is 4.00. The number of likely N-dealkylation sites (tertiary alicyclic amines) is 1. The molecule has 1 N–H and O–H groups in total. The van der Waals surface area contributed by atoms with E-state index in [-0.39, 0.29) is 17.4 Å². The summed E-state index contributed by atoms with van der Waals surface area (Å²) in [6, 6.07) is 2.38. The summed E-state index contributed by atoms with van der Waals surface area (Å²) in [5.41, 5.74) is -0.118. The smallest absolute Gasteiger partial charge is 0.226 e. The lowest BCUT2D eigenvalue weighted by Crippen LogP contribution is -2.42. The molecule has 2 rings (SSSR count). The van der Waals surface area contributed by atoms with Crippen LogP contribution in [0.15, 0.2) is 0 Å². The van der Waals surface area contributed by atoms with Crippen LogP contribution in [-0.4, -0.2) is 37.0 Å². The molecule has 2 fully saturated rings. The number of rotatable bonds is 2. The van der Waals surface area contributed by atoms with Gasteiger partial charge in [0, 0.05) is 12.5 Å². The minimum atomic E-state index is -0.118. The number of nitrogens with one attached hydrogen (secondary N) is 1. The van der Waals surface area contributed by atoms with E-state index in [9.17, 15) is 4.79 Å². The fourth-order valence-electron chi connectivity index (χ4n) is 2.84. The van der Waals surface area contributed by atoms with Crippen LogP contribution in [0.5, 0.6) is 0 Å². The fourth-order valence-corrected chi connectivity index (χ4v) is 2.84. The Hall–Kier alpha value is -1.08. The predicted octanol–water partition coefficient (Wildman–Crippen LogP) is 0.891. The van der Waals surface area contributed by atoms with E-state index in [1.807, 2.05) is 0 Å². The van der Waals surface area contributed by atoms with Crippen LogP contribution >= 0.6 is 0 Å². The number of hydrogen-bond donors (Lipinski definition) is 1. The Morgan fingerprint density at radius 2 is 2.25 bits per heavy atom. The largest absolute Gasteiger partial charge is 0.353 e. The second kappa shape index (κ2) is 4.42. The van der Waals surface area contributed by atoms with Crippen LogP contribution < -0.4 is 5.32 Å². The molecule has 0 radical (unpaired) electrons. The van der Waals surface area contributed by atoms with Gasteiger partial charge in [-0.25, -0.2) is 0 Å². The Morgan fingerprint density at radius 3 is 2.88 bits per heavy atom. The molecular weight excluding hydrogens is 202 g/mol. The van der Waals surface area contributed by atoms with Crippen LogP contribution in [0.3, 0.4) is 0 Å². The highest BCUT2D eigenvalue weighted by molar-refractivity contribution is 5.85. The lowest BCUT2D eigenvalue weighted by molar-refractivity contribution is -0.129. The normalized spacial score (nSPS) is 29.0. The van der Waals surface area contributed by atoms with Gasteiger partial charge in [0.2, 0.25) is 5.91 Å². The minimum absolute atomic E-state index is 0.118. The van der Waals surface area contributed by atoms with Crippen LogP contribution in [0.4, 0.5) is 0 Å². The zero-order valence-electron chi connectivity index (χ0n) is 9.83. The first-order valence-corrected chi connectivity index (χ1v) is 6.03. The van der Waals surface area contributed by atoms with Crippen molar-refractivity contribution < 1.29 is 4.79 Å². The Bertz CT molecular complexity index is 313. The molecule has 4 heteroatoms. The Morgan fingerprint density at radius 1 is 1.56 bits per heavy atom. The predicted molar refractivity (Wildman–Crippen MR) is 60.6 cm³/mol. The number of amides is 1. The molecule has 2 saturated heterocycles. The molecule has 2 aliphatic heterocycles. The molecule has 1 amide bonds. The van der Waals surface area contributed by atoms with Crippen LogP contribution in [0.25, 0.3) is 0 Å². The molecule has 1 atom stereocenters. The molecule has 0 aromatic heterocycles. The first-order chi connectivity index (χ1) is 7.66. The lowest BCUT2D eigenvalue weighted by Gasteiger charge is -2.35. The highest BCUT2D eigenvalue weighted by atomic mass is 16.2. The van der Waals surface area contributed by atoms with Crippen LogP contribution in [0.1, 0.15) is 32.1 Å². The topological polar surface area (TPSA) is 56.1 Å². The van der Waals surface area contributed by atoms with E-state index in [0.717, 1.165) is 38.8 Å². The minimum Gasteiger partial charge on any atom is -0.353 e. The molecule has 0 bridgehead atoms. The van der Waals surface area contributed by atoms with E-state index in [2.05, 4.69) is 23.3 Å². The number of hydrogen-bond acceptors (Lipinski definition) is 3. The molecule has 16 heavy (non-hydrogen) atoms. The Kier molecular flexibility index (Phi) is 3.15. The number of carbonyl (C=O) groups excluding carboxylic acids is 1. The van der Waals surface area contributed by atoms with E-state index < -0.39 is 0 Å². The van der Waals surface area contributed by atoms with Gasteiger partial charge in [0.1, 0.15) is 0 Å². The maximum atomic E-state index is 12.0. The molecule has 0 aromatic rings. The van der Waals surface area contributed by atoms with Crippen molar-refractivity contribution in [3.05, 3.63) is 0 Å². The van der Waals surface area contributed by atoms with Gasteiger partial charge in [0.25, 0.3) is 0 Å². The van der Waals surface area contributed by atoms with E-state index in [1.54, 1.807) is 0 Å². The number of carbonyl (C=O) groups is 1. The molecule has 0 aromatic carbocycles. The van der Waals surface area contributed by atoms with E-state index >= 15 is 0 Å². The van der Waals surface area contributed by atoms with Gasteiger partial charge >= 0.3 is 0 Å². The van der Waals surface area contributed by atoms with Crippen LogP contribution in [-0.2, 0) is 4.79 Å². The zero-order chi connectivity index (χ0) is 11.6.